The fourth-order valence-corrected chi connectivity index (χ4v) is 6.49. The highest BCUT2D eigenvalue weighted by Crippen LogP contribution is 2.42. The van der Waals surface area contributed by atoms with Crippen molar-refractivity contribution in [1.82, 2.24) is 0 Å². The Morgan fingerprint density at radius 1 is 0.638 bits per heavy atom. The Labute approximate surface area is 281 Å². The molecule has 0 unspecified atom stereocenters. The fourth-order valence-electron chi connectivity index (χ4n) is 6.32. The monoisotopic (exact) mass is 627 g/mol. The summed E-state index contributed by atoms with van der Waals surface area (Å²) in [4.78, 5) is 2.29. The van der Waals surface area contributed by atoms with Crippen LogP contribution in [0.15, 0.2) is 164 Å². The Balaban J connectivity index is 1.38. The third-order valence-electron chi connectivity index (χ3n) is 8.61. The van der Waals surface area contributed by atoms with Gasteiger partial charge in [0.1, 0.15) is 5.75 Å². The zero-order valence-electron chi connectivity index (χ0n) is 26.2. The lowest BCUT2D eigenvalue weighted by Crippen LogP contribution is -2.09. The molecule has 6 aromatic rings. The third-order valence-corrected chi connectivity index (χ3v) is 8.85. The molecule has 0 radical (unpaired) electrons. The lowest BCUT2D eigenvalue weighted by Gasteiger charge is -2.25. The first-order valence-electron chi connectivity index (χ1n) is 15.7. The summed E-state index contributed by atoms with van der Waals surface area (Å²) >= 11 is 6.36. The van der Waals surface area contributed by atoms with Crippen molar-refractivity contribution in [3.63, 3.8) is 0 Å². The van der Waals surface area contributed by atoms with Gasteiger partial charge in [0.15, 0.2) is 0 Å². The van der Waals surface area contributed by atoms with E-state index in [2.05, 4.69) is 157 Å². The lowest BCUT2D eigenvalue weighted by molar-refractivity contribution is 0.416. The Hall–Kier alpha value is -5.57. The maximum atomic E-state index is 6.36. The predicted octanol–water partition coefficient (Wildman–Crippen LogP) is 12.7. The number of anilines is 3. The van der Waals surface area contributed by atoms with Crippen molar-refractivity contribution in [2.45, 2.75) is 6.42 Å². The topological polar surface area (TPSA) is 12.5 Å². The molecular weight excluding hydrogens is 594 g/mol. The number of nitrogens with zero attached hydrogens (tertiary/aromatic N) is 1. The maximum Gasteiger partial charge on any atom is 0.128 e. The largest absolute Gasteiger partial charge is 0.496 e. The van der Waals surface area contributed by atoms with Crippen LogP contribution in [0.25, 0.3) is 39.1 Å². The van der Waals surface area contributed by atoms with Crippen molar-refractivity contribution < 1.29 is 4.74 Å². The molecule has 3 heteroatoms. The number of fused-ring (bicyclic) bond motifs is 3. The third kappa shape index (κ3) is 6.16. The second-order valence-electron chi connectivity index (χ2n) is 11.5. The zero-order valence-corrected chi connectivity index (χ0v) is 27.0. The normalized spacial score (nSPS) is 15.3. The van der Waals surface area contributed by atoms with Crippen LogP contribution in [-0.4, -0.2) is 7.11 Å². The summed E-state index contributed by atoms with van der Waals surface area (Å²) in [7, 11) is 1.69. The van der Waals surface area contributed by atoms with Crippen LogP contribution in [0.2, 0.25) is 5.02 Å². The molecule has 0 aliphatic heterocycles. The number of para-hydroxylation sites is 2. The number of ether oxygens (including phenoxy) is 1. The lowest BCUT2D eigenvalue weighted by atomic mass is 9.86. The average molecular weight is 628 g/mol. The van der Waals surface area contributed by atoms with Crippen LogP contribution in [-0.2, 0) is 0 Å². The molecule has 0 bridgehead atoms. The molecular formula is C44H34ClNO. The summed E-state index contributed by atoms with van der Waals surface area (Å²) in [6.45, 7) is 4.51. The molecule has 0 spiro atoms. The second kappa shape index (κ2) is 13.4. The van der Waals surface area contributed by atoms with Crippen LogP contribution in [0.1, 0.15) is 23.1 Å². The molecule has 0 saturated heterocycles. The maximum absolute atomic E-state index is 6.36. The SMILES string of the molecule is C=C1/C=C\C=C/C/C(c2ccc(N(c3ccccc3)c3ccccc3)cc2)=C\c2c1cc(-c1ccc(Cl)cc1OC)c1ccccc21. The summed E-state index contributed by atoms with van der Waals surface area (Å²) in [5.74, 6) is 0.739. The van der Waals surface area contributed by atoms with Crippen molar-refractivity contribution in [3.05, 3.63) is 186 Å². The van der Waals surface area contributed by atoms with E-state index in [1.54, 1.807) is 7.11 Å². The highest BCUT2D eigenvalue weighted by atomic mass is 35.5. The molecule has 1 aliphatic carbocycles. The summed E-state index contributed by atoms with van der Waals surface area (Å²) in [5.41, 5.74) is 11.0. The van der Waals surface area contributed by atoms with Crippen LogP contribution >= 0.6 is 11.6 Å². The van der Waals surface area contributed by atoms with Gasteiger partial charge in [-0.15, -0.1) is 0 Å². The van der Waals surface area contributed by atoms with Gasteiger partial charge in [-0.2, -0.15) is 0 Å². The molecule has 1 aliphatic rings. The van der Waals surface area contributed by atoms with Crippen molar-refractivity contribution in [3.8, 4) is 16.9 Å². The Bertz CT molecular complexity index is 2120. The van der Waals surface area contributed by atoms with E-state index in [1.807, 2.05) is 18.2 Å². The minimum atomic E-state index is 0.641. The number of halogens is 1. The summed E-state index contributed by atoms with van der Waals surface area (Å²) in [5, 5.41) is 2.94. The molecule has 7 rings (SSSR count). The number of rotatable bonds is 6. The number of allylic oxidation sites excluding steroid dienone is 6. The molecule has 2 nitrogen and oxygen atoms in total. The average Bonchev–Trinajstić information content (AvgIpc) is 3.12. The highest BCUT2D eigenvalue weighted by molar-refractivity contribution is 6.30. The summed E-state index contributed by atoms with van der Waals surface area (Å²) in [6, 6.07) is 46.5. The highest BCUT2D eigenvalue weighted by Gasteiger charge is 2.18. The van der Waals surface area contributed by atoms with E-state index in [0.29, 0.717) is 5.02 Å². The van der Waals surface area contributed by atoms with Crippen molar-refractivity contribution >= 4 is 56.7 Å². The smallest absolute Gasteiger partial charge is 0.128 e. The minimum absolute atomic E-state index is 0.641. The molecule has 6 aromatic carbocycles. The van der Waals surface area contributed by atoms with E-state index in [1.165, 1.54) is 11.1 Å². The molecule has 0 fully saturated rings. The molecule has 0 atom stereocenters. The van der Waals surface area contributed by atoms with E-state index in [9.17, 15) is 0 Å². The van der Waals surface area contributed by atoms with E-state index < -0.39 is 0 Å². The molecule has 0 saturated carbocycles. The number of hydrogen-bond acceptors (Lipinski definition) is 2. The van der Waals surface area contributed by atoms with E-state index in [-0.39, 0.29) is 0 Å². The first-order valence-corrected chi connectivity index (χ1v) is 16.1. The van der Waals surface area contributed by atoms with Gasteiger partial charge in [0, 0.05) is 27.6 Å². The van der Waals surface area contributed by atoms with Crippen LogP contribution in [0.5, 0.6) is 5.75 Å². The number of hydrogen-bond donors (Lipinski definition) is 0. The Morgan fingerprint density at radius 3 is 1.96 bits per heavy atom. The zero-order chi connectivity index (χ0) is 32.2. The van der Waals surface area contributed by atoms with Crippen molar-refractivity contribution in [2.75, 3.05) is 12.0 Å². The number of benzene rings is 6. The van der Waals surface area contributed by atoms with Crippen molar-refractivity contribution in [1.29, 1.82) is 0 Å². The molecule has 0 amide bonds. The van der Waals surface area contributed by atoms with Crippen LogP contribution in [0, 0.1) is 0 Å². The Kier molecular flexibility index (Phi) is 8.60. The quantitative estimate of drug-likeness (QED) is 0.182. The minimum Gasteiger partial charge on any atom is -0.496 e. The van der Waals surface area contributed by atoms with E-state index in [0.717, 1.165) is 67.8 Å². The van der Waals surface area contributed by atoms with E-state index >= 15 is 0 Å². The van der Waals surface area contributed by atoms with Gasteiger partial charge in [0.2, 0.25) is 0 Å². The fraction of sp³-hybridized carbons (Fsp3) is 0.0455. The summed E-state index contributed by atoms with van der Waals surface area (Å²) in [6.07, 6.45) is 11.6. The molecule has 0 N–H and O–H groups in total. The molecule has 0 heterocycles. The van der Waals surface area contributed by atoms with Gasteiger partial charge in [-0.25, -0.2) is 0 Å². The van der Waals surface area contributed by atoms with Crippen LogP contribution in [0.4, 0.5) is 17.1 Å². The summed E-state index contributed by atoms with van der Waals surface area (Å²) < 4.78 is 5.79. The van der Waals surface area contributed by atoms with Gasteiger partial charge in [-0.1, -0.05) is 115 Å². The van der Waals surface area contributed by atoms with Gasteiger partial charge in [-0.3, -0.25) is 0 Å². The second-order valence-corrected chi connectivity index (χ2v) is 12.0. The Morgan fingerprint density at radius 2 is 1.28 bits per heavy atom. The van der Waals surface area contributed by atoms with Gasteiger partial charge < -0.3 is 9.64 Å². The molecule has 228 valence electrons. The first-order chi connectivity index (χ1) is 23.1. The predicted molar refractivity (Wildman–Crippen MR) is 202 cm³/mol. The number of methoxy groups -OCH3 is 1. The van der Waals surface area contributed by atoms with Gasteiger partial charge >= 0.3 is 0 Å². The van der Waals surface area contributed by atoms with Gasteiger partial charge in [-0.05, 0) is 117 Å². The van der Waals surface area contributed by atoms with Crippen LogP contribution < -0.4 is 9.64 Å². The molecule has 0 aromatic heterocycles. The molecule has 47 heavy (non-hydrogen) atoms. The first kappa shape index (κ1) is 30.1. The van der Waals surface area contributed by atoms with E-state index in [4.69, 9.17) is 16.3 Å². The van der Waals surface area contributed by atoms with Crippen molar-refractivity contribution in [2.24, 2.45) is 0 Å². The van der Waals surface area contributed by atoms with Gasteiger partial charge in [0.05, 0.1) is 7.11 Å². The van der Waals surface area contributed by atoms with Gasteiger partial charge in [0.25, 0.3) is 0 Å². The van der Waals surface area contributed by atoms with Crippen LogP contribution in [0.3, 0.4) is 0 Å². The standard InChI is InChI=1S/C44H34ClNO/c1-31-14-6-3-7-15-33(32-22-25-37(26-23-32)46(35-16-8-4-9-17-35)36-18-10-5-11-19-36)28-42-38-20-12-13-21-39(38)43(30-41(31)42)40-27-24-34(45)29-44(40)47-2/h3-14,16-30H,1,15H2,2H3/b7-3-,14-6-,33-28+.